The van der Waals surface area contributed by atoms with Crippen molar-refractivity contribution in [2.45, 2.75) is 40.2 Å². The van der Waals surface area contributed by atoms with E-state index in [2.05, 4.69) is 4.57 Å². The molecule has 0 N–H and O–H groups in total. The second kappa shape index (κ2) is 4.96. The van der Waals surface area contributed by atoms with Crippen LogP contribution < -0.4 is 9.47 Å². The summed E-state index contributed by atoms with van der Waals surface area (Å²) >= 11 is 0. The van der Waals surface area contributed by atoms with Gasteiger partial charge in [-0.15, -0.1) is 0 Å². The largest absolute Gasteiger partial charge is 0.443 e. The molecule has 0 aliphatic rings. The lowest BCUT2D eigenvalue weighted by Gasteiger charge is -2.24. The van der Waals surface area contributed by atoms with Crippen LogP contribution in [-0.4, -0.2) is 18.7 Å². The molecule has 0 aromatic carbocycles. The first-order chi connectivity index (χ1) is 8.11. The Bertz CT molecular complexity index is 438. The highest BCUT2D eigenvalue weighted by Crippen LogP contribution is 2.17. The summed E-state index contributed by atoms with van der Waals surface area (Å²) in [6, 6.07) is 3.94. The van der Waals surface area contributed by atoms with Gasteiger partial charge < -0.3 is 4.74 Å². The van der Waals surface area contributed by atoms with Crippen LogP contribution in [0.25, 0.3) is 0 Å². The lowest BCUT2D eigenvalue weighted by atomic mass is 10.2. The Labute approximate surface area is 109 Å². The molecule has 0 saturated heterocycles. The number of nitrogens with zero attached hydrogens (tertiary/aromatic N) is 2. The Hall–Kier alpha value is -1.58. The van der Waals surface area contributed by atoms with Gasteiger partial charge >= 0.3 is 6.09 Å². The van der Waals surface area contributed by atoms with Crippen molar-refractivity contribution in [2.75, 3.05) is 11.9 Å². The molecule has 1 rings (SSSR count). The van der Waals surface area contributed by atoms with Crippen LogP contribution >= 0.6 is 0 Å². The highest BCUT2D eigenvalue weighted by atomic mass is 16.6. The molecule has 0 unspecified atom stereocenters. The Kier molecular flexibility index (Phi) is 3.99. The Morgan fingerprint density at radius 2 is 1.67 bits per heavy atom. The molecule has 1 aromatic rings. The van der Waals surface area contributed by atoms with Gasteiger partial charge in [0.05, 0.1) is 5.69 Å². The number of pyridine rings is 1. The molecule has 4 heteroatoms. The topological polar surface area (TPSA) is 33.4 Å². The van der Waals surface area contributed by atoms with E-state index in [9.17, 15) is 4.79 Å². The first-order valence-corrected chi connectivity index (χ1v) is 6.06. The molecule has 0 fully saturated rings. The molecule has 0 atom stereocenters. The SMILES string of the molecule is Cc1cc(N(C)C(=O)OC(C)(C)C)cc(C)[n+]1C. The number of amides is 1. The van der Waals surface area contributed by atoms with Gasteiger partial charge in [-0.3, -0.25) is 4.90 Å². The molecule has 1 heterocycles. The summed E-state index contributed by atoms with van der Waals surface area (Å²) in [7, 11) is 3.73. The van der Waals surface area contributed by atoms with Crippen LogP contribution in [0.5, 0.6) is 0 Å². The normalized spacial score (nSPS) is 11.3. The summed E-state index contributed by atoms with van der Waals surface area (Å²) in [5, 5.41) is 0. The smallest absolute Gasteiger partial charge is 0.414 e. The van der Waals surface area contributed by atoms with E-state index in [-0.39, 0.29) is 6.09 Å². The summed E-state index contributed by atoms with van der Waals surface area (Å²) in [6.07, 6.45) is -0.338. The Morgan fingerprint density at radius 1 is 1.22 bits per heavy atom. The number of carbonyl (C=O) groups excluding carboxylic acids is 1. The minimum Gasteiger partial charge on any atom is -0.443 e. The van der Waals surface area contributed by atoms with Gasteiger partial charge in [0.1, 0.15) is 12.6 Å². The first-order valence-electron chi connectivity index (χ1n) is 6.06. The zero-order valence-electron chi connectivity index (χ0n) is 12.4. The van der Waals surface area contributed by atoms with Crippen LogP contribution in [0.4, 0.5) is 10.5 Å². The number of aromatic nitrogens is 1. The fourth-order valence-corrected chi connectivity index (χ4v) is 1.57. The van der Waals surface area contributed by atoms with Gasteiger partial charge in [-0.2, -0.15) is 0 Å². The van der Waals surface area contributed by atoms with Crippen LogP contribution in [0.15, 0.2) is 12.1 Å². The van der Waals surface area contributed by atoms with Crippen molar-refractivity contribution in [1.82, 2.24) is 0 Å². The van der Waals surface area contributed by atoms with E-state index in [1.807, 2.05) is 53.8 Å². The fourth-order valence-electron chi connectivity index (χ4n) is 1.57. The van der Waals surface area contributed by atoms with Crippen LogP contribution in [0.1, 0.15) is 32.2 Å². The highest BCUT2D eigenvalue weighted by molar-refractivity contribution is 5.87. The van der Waals surface area contributed by atoms with Crippen LogP contribution in [0.2, 0.25) is 0 Å². The van der Waals surface area contributed by atoms with Crippen molar-refractivity contribution >= 4 is 11.8 Å². The molecule has 0 aliphatic heterocycles. The predicted molar refractivity (Wildman–Crippen MR) is 71.7 cm³/mol. The number of aryl methyl sites for hydroxylation is 2. The average Bonchev–Trinajstić information content (AvgIpc) is 2.21. The number of hydrogen-bond donors (Lipinski definition) is 0. The number of rotatable bonds is 1. The highest BCUT2D eigenvalue weighted by Gasteiger charge is 2.22. The monoisotopic (exact) mass is 251 g/mol. The number of carbonyl (C=O) groups is 1. The summed E-state index contributed by atoms with van der Waals surface area (Å²) < 4.78 is 7.42. The lowest BCUT2D eigenvalue weighted by molar-refractivity contribution is -0.683. The minimum atomic E-state index is -0.477. The average molecular weight is 251 g/mol. The van der Waals surface area contributed by atoms with Gasteiger partial charge in [0.15, 0.2) is 11.4 Å². The molecule has 4 nitrogen and oxygen atoms in total. The molecule has 0 saturated carbocycles. The van der Waals surface area contributed by atoms with Gasteiger partial charge in [0.2, 0.25) is 0 Å². The van der Waals surface area contributed by atoms with Gasteiger partial charge in [-0.05, 0) is 20.8 Å². The first kappa shape index (κ1) is 14.5. The zero-order valence-corrected chi connectivity index (χ0v) is 12.4. The minimum absolute atomic E-state index is 0.338. The van der Waals surface area contributed by atoms with Gasteiger partial charge in [-0.1, -0.05) is 0 Å². The molecule has 0 spiro atoms. The van der Waals surface area contributed by atoms with E-state index < -0.39 is 5.60 Å². The van der Waals surface area contributed by atoms with E-state index in [0.717, 1.165) is 17.1 Å². The summed E-state index contributed by atoms with van der Waals surface area (Å²) in [5.74, 6) is 0. The third kappa shape index (κ3) is 3.45. The van der Waals surface area contributed by atoms with Crippen molar-refractivity contribution in [3.63, 3.8) is 0 Å². The summed E-state index contributed by atoms with van der Waals surface area (Å²) in [6.45, 7) is 9.61. The maximum atomic E-state index is 12.0. The predicted octanol–water partition coefficient (Wildman–Crippen LogP) is 2.50. The van der Waals surface area contributed by atoms with Crippen molar-refractivity contribution in [3.05, 3.63) is 23.5 Å². The van der Waals surface area contributed by atoms with E-state index >= 15 is 0 Å². The van der Waals surface area contributed by atoms with Crippen LogP contribution in [-0.2, 0) is 11.8 Å². The molecule has 1 aromatic heterocycles. The maximum absolute atomic E-state index is 12.0. The zero-order chi connectivity index (χ0) is 14.1. The van der Waals surface area contributed by atoms with Gasteiger partial charge in [0, 0.05) is 33.0 Å². The van der Waals surface area contributed by atoms with Gasteiger partial charge in [0.25, 0.3) is 0 Å². The van der Waals surface area contributed by atoms with Crippen molar-refractivity contribution in [1.29, 1.82) is 0 Å². The molecular weight excluding hydrogens is 228 g/mol. The van der Waals surface area contributed by atoms with Crippen molar-refractivity contribution < 1.29 is 14.1 Å². The quantitative estimate of drug-likeness (QED) is 0.719. The molecular formula is C14H23N2O2+. The Balaban J connectivity index is 2.97. The van der Waals surface area contributed by atoms with Crippen LogP contribution in [0.3, 0.4) is 0 Å². The third-order valence-corrected chi connectivity index (χ3v) is 2.83. The van der Waals surface area contributed by atoms with Crippen molar-refractivity contribution in [2.24, 2.45) is 7.05 Å². The van der Waals surface area contributed by atoms with E-state index in [1.165, 1.54) is 4.90 Å². The van der Waals surface area contributed by atoms with E-state index in [4.69, 9.17) is 4.74 Å². The number of ether oxygens (including phenoxy) is 1. The standard InChI is InChI=1S/C14H23N2O2/c1-10-8-12(9-11(2)15(10)6)16(7)13(17)18-14(3,4)5/h8-9H,1-7H3/q+1. The third-order valence-electron chi connectivity index (χ3n) is 2.83. The Morgan fingerprint density at radius 3 is 2.06 bits per heavy atom. The maximum Gasteiger partial charge on any atom is 0.414 e. The second-order valence-electron chi connectivity index (χ2n) is 5.59. The molecule has 1 amide bonds. The molecule has 100 valence electrons. The van der Waals surface area contributed by atoms with Gasteiger partial charge in [-0.25, -0.2) is 9.36 Å². The van der Waals surface area contributed by atoms with E-state index in [1.54, 1.807) is 7.05 Å². The second-order valence-corrected chi connectivity index (χ2v) is 5.59. The van der Waals surface area contributed by atoms with Crippen LogP contribution in [0, 0.1) is 13.8 Å². The molecule has 0 radical (unpaired) electrons. The van der Waals surface area contributed by atoms with Crippen molar-refractivity contribution in [3.8, 4) is 0 Å². The number of hydrogen-bond acceptors (Lipinski definition) is 2. The molecule has 0 bridgehead atoms. The molecule has 18 heavy (non-hydrogen) atoms. The fraction of sp³-hybridized carbons (Fsp3) is 0.571. The summed E-state index contributed by atoms with van der Waals surface area (Å²) in [5.41, 5.74) is 2.56. The number of anilines is 1. The summed E-state index contributed by atoms with van der Waals surface area (Å²) in [4.78, 5) is 13.5. The lowest BCUT2D eigenvalue weighted by Crippen LogP contribution is -2.38. The molecule has 0 aliphatic carbocycles. The van der Waals surface area contributed by atoms with E-state index in [0.29, 0.717) is 0 Å².